The Kier molecular flexibility index (Phi) is 5.28. The van der Waals surface area contributed by atoms with E-state index in [1.807, 2.05) is 0 Å². The number of hydrogen-bond donors (Lipinski definition) is 2. The Morgan fingerprint density at radius 1 is 1.37 bits per heavy atom. The third kappa shape index (κ3) is 5.14. The van der Waals surface area contributed by atoms with Gasteiger partial charge >= 0.3 is 0 Å². The summed E-state index contributed by atoms with van der Waals surface area (Å²) in [5.74, 6) is -0.969. The van der Waals surface area contributed by atoms with E-state index >= 15 is 0 Å². The third-order valence-electron chi connectivity index (χ3n) is 2.27. The molecule has 2 N–H and O–H groups in total. The number of halogens is 2. The van der Waals surface area contributed by atoms with Gasteiger partial charge in [-0.25, -0.2) is 17.5 Å². The van der Waals surface area contributed by atoms with Crippen LogP contribution in [0.1, 0.15) is 15.9 Å². The summed E-state index contributed by atoms with van der Waals surface area (Å²) in [5, 5.41) is 2.50. The van der Waals surface area contributed by atoms with Crippen molar-refractivity contribution in [3.63, 3.8) is 0 Å². The fourth-order valence-electron chi connectivity index (χ4n) is 1.34. The van der Waals surface area contributed by atoms with Crippen molar-refractivity contribution in [2.24, 2.45) is 0 Å². The molecule has 0 saturated heterocycles. The highest BCUT2D eigenvalue weighted by molar-refractivity contribution is 7.88. The largest absolute Gasteiger partial charge is 0.351 e. The smallest absolute Gasteiger partial charge is 0.252 e. The van der Waals surface area contributed by atoms with Crippen LogP contribution in [0, 0.1) is 12.7 Å². The number of hydrogen-bond acceptors (Lipinski definition) is 3. The van der Waals surface area contributed by atoms with E-state index in [0.717, 1.165) is 12.3 Å². The average Bonchev–Trinajstić information content (AvgIpc) is 2.28. The number of nitrogens with one attached hydrogen (secondary N) is 2. The van der Waals surface area contributed by atoms with Crippen molar-refractivity contribution < 1.29 is 17.6 Å². The van der Waals surface area contributed by atoms with Crippen molar-refractivity contribution in [3.05, 3.63) is 34.1 Å². The Morgan fingerprint density at radius 2 is 2.00 bits per heavy atom. The van der Waals surface area contributed by atoms with Crippen molar-refractivity contribution in [1.29, 1.82) is 0 Å². The van der Waals surface area contributed by atoms with E-state index in [9.17, 15) is 17.6 Å². The minimum absolute atomic E-state index is 0.0108. The molecule has 19 heavy (non-hydrogen) atoms. The predicted molar refractivity (Wildman–Crippen MR) is 71.3 cm³/mol. The van der Waals surface area contributed by atoms with Gasteiger partial charge in [0.25, 0.3) is 5.91 Å². The van der Waals surface area contributed by atoms with Crippen molar-refractivity contribution in [2.45, 2.75) is 6.92 Å². The van der Waals surface area contributed by atoms with Gasteiger partial charge in [0.05, 0.1) is 16.8 Å². The predicted octanol–water partition coefficient (Wildman–Crippen LogP) is 1.07. The summed E-state index contributed by atoms with van der Waals surface area (Å²) in [6, 6.07) is 2.41. The van der Waals surface area contributed by atoms with Crippen molar-refractivity contribution in [1.82, 2.24) is 10.0 Å². The first-order valence-electron chi connectivity index (χ1n) is 5.39. The van der Waals surface area contributed by atoms with Crippen LogP contribution in [0.5, 0.6) is 0 Å². The fraction of sp³-hybridized carbons (Fsp3) is 0.364. The van der Waals surface area contributed by atoms with Gasteiger partial charge in [-0.3, -0.25) is 4.79 Å². The average molecular weight is 309 g/mol. The number of sulfonamides is 1. The zero-order valence-corrected chi connectivity index (χ0v) is 12.0. The van der Waals surface area contributed by atoms with Crippen molar-refractivity contribution in [3.8, 4) is 0 Å². The number of carbonyl (C=O) groups excluding carboxylic acids is 1. The van der Waals surface area contributed by atoms with E-state index < -0.39 is 21.7 Å². The van der Waals surface area contributed by atoms with E-state index in [1.165, 1.54) is 13.0 Å². The number of carbonyl (C=O) groups is 1. The van der Waals surface area contributed by atoms with Gasteiger partial charge in [0.1, 0.15) is 5.82 Å². The van der Waals surface area contributed by atoms with Gasteiger partial charge in [-0.2, -0.15) is 0 Å². The maximum Gasteiger partial charge on any atom is 0.252 e. The van der Waals surface area contributed by atoms with Gasteiger partial charge in [-0.05, 0) is 24.6 Å². The lowest BCUT2D eigenvalue weighted by molar-refractivity contribution is 0.0954. The first-order valence-corrected chi connectivity index (χ1v) is 7.66. The molecular weight excluding hydrogens is 295 g/mol. The lowest BCUT2D eigenvalue weighted by Crippen LogP contribution is -2.34. The normalized spacial score (nSPS) is 11.4. The summed E-state index contributed by atoms with van der Waals surface area (Å²) in [7, 11) is -3.28. The molecular formula is C11H14ClFN2O3S. The molecule has 0 aliphatic carbocycles. The molecule has 0 unspecified atom stereocenters. The maximum atomic E-state index is 13.2. The number of benzene rings is 1. The minimum atomic E-state index is -3.28. The monoisotopic (exact) mass is 308 g/mol. The number of amides is 1. The Labute approximate surface area is 116 Å². The lowest BCUT2D eigenvalue weighted by Gasteiger charge is -2.08. The molecule has 0 bridgehead atoms. The second-order valence-corrected chi connectivity index (χ2v) is 6.24. The van der Waals surface area contributed by atoms with Gasteiger partial charge in [0.15, 0.2) is 0 Å². The highest BCUT2D eigenvalue weighted by Gasteiger charge is 2.12. The molecule has 1 aromatic rings. The van der Waals surface area contributed by atoms with Crippen LogP contribution in [0.15, 0.2) is 12.1 Å². The summed E-state index contributed by atoms with van der Waals surface area (Å²) in [6.45, 7) is 1.70. The maximum absolute atomic E-state index is 13.2. The Balaban J connectivity index is 2.62. The van der Waals surface area contributed by atoms with Gasteiger partial charge in [-0.1, -0.05) is 11.6 Å². The Hall–Kier alpha value is -1.18. The zero-order chi connectivity index (χ0) is 14.6. The minimum Gasteiger partial charge on any atom is -0.351 e. The zero-order valence-electron chi connectivity index (χ0n) is 10.5. The summed E-state index contributed by atoms with van der Waals surface area (Å²) < 4.78 is 37.0. The van der Waals surface area contributed by atoms with E-state index in [4.69, 9.17) is 11.6 Å². The molecule has 0 aliphatic rings. The molecule has 0 aromatic heterocycles. The summed E-state index contributed by atoms with van der Waals surface area (Å²) in [4.78, 5) is 11.8. The second-order valence-electron chi connectivity index (χ2n) is 4.00. The van der Waals surface area contributed by atoms with Crippen molar-refractivity contribution in [2.75, 3.05) is 19.3 Å². The number of aryl methyl sites for hydroxylation is 1. The molecule has 0 radical (unpaired) electrons. The summed E-state index contributed by atoms with van der Waals surface area (Å²) in [6.07, 6.45) is 1.02. The standard InChI is InChI=1S/C11H14ClFN2O3S/c1-7-5-8(9(12)6-10(7)13)11(16)14-3-4-15-19(2,17)18/h5-6,15H,3-4H2,1-2H3,(H,14,16). The van der Waals surface area contributed by atoms with Crippen LogP contribution >= 0.6 is 11.6 Å². The van der Waals surface area contributed by atoms with Gasteiger partial charge < -0.3 is 5.32 Å². The molecule has 1 amide bonds. The van der Waals surface area contributed by atoms with Crippen molar-refractivity contribution >= 4 is 27.5 Å². The summed E-state index contributed by atoms with van der Waals surface area (Å²) in [5.41, 5.74) is 0.462. The van der Waals surface area contributed by atoms with Gasteiger partial charge in [-0.15, -0.1) is 0 Å². The highest BCUT2D eigenvalue weighted by Crippen LogP contribution is 2.20. The quantitative estimate of drug-likeness (QED) is 0.799. The summed E-state index contributed by atoms with van der Waals surface area (Å²) >= 11 is 5.77. The van der Waals surface area contributed by atoms with Crippen LogP contribution < -0.4 is 10.0 Å². The molecule has 0 saturated carbocycles. The van der Waals surface area contributed by atoms with E-state index in [-0.39, 0.29) is 23.7 Å². The molecule has 106 valence electrons. The lowest BCUT2D eigenvalue weighted by atomic mass is 10.1. The molecule has 5 nitrogen and oxygen atoms in total. The van der Waals surface area contributed by atoms with Crippen LogP contribution in [0.3, 0.4) is 0 Å². The number of rotatable bonds is 5. The molecule has 0 atom stereocenters. The first kappa shape index (κ1) is 15.9. The molecule has 0 aliphatic heterocycles. The molecule has 0 heterocycles. The van der Waals surface area contributed by atoms with Crippen LogP contribution in [0.4, 0.5) is 4.39 Å². The SMILES string of the molecule is Cc1cc(C(=O)NCCNS(C)(=O)=O)c(Cl)cc1F. The molecule has 0 fully saturated rings. The first-order chi connectivity index (χ1) is 8.70. The topological polar surface area (TPSA) is 75.3 Å². The highest BCUT2D eigenvalue weighted by atomic mass is 35.5. The molecule has 8 heteroatoms. The third-order valence-corrected chi connectivity index (χ3v) is 3.31. The van der Waals surface area contributed by atoms with Gasteiger partial charge in [0.2, 0.25) is 10.0 Å². The van der Waals surface area contributed by atoms with Crippen LogP contribution in [0.2, 0.25) is 5.02 Å². The second kappa shape index (κ2) is 6.31. The Bertz CT molecular complexity index is 590. The molecule has 1 rings (SSSR count). The fourth-order valence-corrected chi connectivity index (χ4v) is 2.05. The van der Waals surface area contributed by atoms with E-state index in [2.05, 4.69) is 10.0 Å². The van der Waals surface area contributed by atoms with Crippen LogP contribution in [-0.4, -0.2) is 33.7 Å². The van der Waals surface area contributed by atoms with Gasteiger partial charge in [0, 0.05) is 13.1 Å². The van der Waals surface area contributed by atoms with Crippen LogP contribution in [0.25, 0.3) is 0 Å². The molecule has 0 spiro atoms. The Morgan fingerprint density at radius 3 is 2.58 bits per heavy atom. The molecule has 1 aromatic carbocycles. The van der Waals surface area contributed by atoms with E-state index in [1.54, 1.807) is 0 Å². The van der Waals surface area contributed by atoms with Crippen LogP contribution in [-0.2, 0) is 10.0 Å². The van der Waals surface area contributed by atoms with E-state index in [0.29, 0.717) is 5.56 Å².